The number of piperidine rings is 3. The number of rotatable bonds is 10. The maximum atomic E-state index is 12.7. The van der Waals surface area contributed by atoms with E-state index in [4.69, 9.17) is 19.3 Å². The molecule has 4 aromatic carbocycles. The Morgan fingerprint density at radius 3 is 1.26 bits per heavy atom. The first-order valence-electron chi connectivity index (χ1n) is 31.5. The van der Waals surface area contributed by atoms with Gasteiger partial charge in [0.25, 0.3) is 17.7 Å². The lowest BCUT2D eigenvalue weighted by atomic mass is 10.0. The molecule has 3 aliphatic heterocycles. The average Bonchev–Trinajstić information content (AvgIpc) is 1.84. The van der Waals surface area contributed by atoms with Gasteiger partial charge in [-0.25, -0.2) is 39.1 Å². The second-order valence-corrected chi connectivity index (χ2v) is 26.6. The molecule has 0 saturated carbocycles. The molecule has 0 bridgehead atoms. The summed E-state index contributed by atoms with van der Waals surface area (Å²) in [4.78, 5) is 115. The van der Waals surface area contributed by atoms with Crippen LogP contribution in [0.25, 0.3) is 44.1 Å². The summed E-state index contributed by atoms with van der Waals surface area (Å²) in [6.45, 7) is 23.8. The van der Waals surface area contributed by atoms with Crippen LogP contribution in [0.5, 0.6) is 0 Å². The summed E-state index contributed by atoms with van der Waals surface area (Å²) in [5, 5.41) is 17.9. The monoisotopic (exact) mass is 1280 g/mol. The topological polar surface area (TPSA) is 309 Å². The van der Waals surface area contributed by atoms with Crippen molar-refractivity contribution in [1.82, 2.24) is 74.6 Å². The van der Waals surface area contributed by atoms with Gasteiger partial charge in [-0.15, -0.1) is 0 Å². The van der Waals surface area contributed by atoms with E-state index in [9.17, 15) is 33.6 Å². The number of carbonyl (C=O) groups excluding carboxylic acids is 6. The maximum absolute atomic E-state index is 12.7. The molecule has 11 rings (SSSR count). The van der Waals surface area contributed by atoms with Gasteiger partial charge in [-0.3, -0.25) is 19.3 Å². The molecular formula is C67H89N15O11. The van der Waals surface area contributed by atoms with E-state index in [-0.39, 0.29) is 59.7 Å². The number of carboxylic acid groups (broad SMARTS) is 1. The number of nitrogens with one attached hydrogen (secondary N) is 5. The van der Waals surface area contributed by atoms with Crippen LogP contribution >= 0.6 is 0 Å². The highest BCUT2D eigenvalue weighted by Gasteiger charge is 2.31. The molecule has 0 spiro atoms. The number of hydrogen-bond acceptors (Lipinski definition) is 15. The molecule has 0 radical (unpaired) electrons. The highest BCUT2D eigenvalue weighted by molar-refractivity contribution is 5.99. The van der Waals surface area contributed by atoms with Crippen LogP contribution in [0, 0.1) is 0 Å². The first-order chi connectivity index (χ1) is 44.0. The molecule has 0 atom stereocenters. The molecule has 6 N–H and O–H groups in total. The zero-order valence-corrected chi connectivity index (χ0v) is 55.4. The predicted molar refractivity (Wildman–Crippen MR) is 353 cm³/mol. The van der Waals surface area contributed by atoms with Crippen LogP contribution in [0.4, 0.5) is 14.4 Å². The van der Waals surface area contributed by atoms with Gasteiger partial charge < -0.3 is 69.1 Å². The van der Waals surface area contributed by atoms with Gasteiger partial charge in [-0.05, 0) is 195 Å². The molecule has 93 heavy (non-hydrogen) atoms. The van der Waals surface area contributed by atoms with Crippen molar-refractivity contribution in [1.29, 1.82) is 0 Å². The number of H-pyrrole nitrogens is 2. The van der Waals surface area contributed by atoms with E-state index in [2.05, 4.69) is 50.8 Å². The van der Waals surface area contributed by atoms with E-state index in [1.165, 1.54) is 12.4 Å². The van der Waals surface area contributed by atoms with Crippen molar-refractivity contribution in [2.45, 2.75) is 156 Å². The van der Waals surface area contributed by atoms with Crippen LogP contribution in [0.3, 0.4) is 0 Å². The molecular weight excluding hydrogens is 1190 g/mol. The number of carboxylic acids is 1. The minimum Gasteiger partial charge on any atom is -0.478 e. The normalized spacial score (nSPS) is 15.1. The quantitative estimate of drug-likeness (QED) is 0.0694. The SMILES string of the molecule is CC(C)(C)OC(=O)N1CCC(NC(=O)c2ccc3nc[nH]c3c2)CC1.CCn1cnc2ccc(C(=O)NC3CCN(C(=O)OC(C)(C)C)CC3)cc21.CN(C)Cn1cnc2cc(C(=O)NC3CCN(C(=O)OC(C)(C)C)CC3)ccc21.O=C(O)c1ccc2nc[nH]c2c1. The van der Waals surface area contributed by atoms with Gasteiger partial charge >= 0.3 is 24.2 Å². The Morgan fingerprint density at radius 1 is 0.484 bits per heavy atom. The number of carbonyl (C=O) groups is 7. The minimum absolute atomic E-state index is 0.0446. The van der Waals surface area contributed by atoms with Crippen molar-refractivity contribution < 1.29 is 52.9 Å². The van der Waals surface area contributed by atoms with Crippen LogP contribution in [0.1, 0.15) is 149 Å². The number of fused-ring (bicyclic) bond motifs is 4. The Hall–Kier alpha value is -9.59. The number of nitrogens with zero attached hydrogens (tertiary/aromatic N) is 10. The molecule has 498 valence electrons. The summed E-state index contributed by atoms with van der Waals surface area (Å²) in [7, 11) is 4.00. The number of amides is 6. The summed E-state index contributed by atoms with van der Waals surface area (Å²) < 4.78 is 20.3. The van der Waals surface area contributed by atoms with Crippen LogP contribution in [-0.4, -0.2) is 194 Å². The molecule has 3 aliphatic rings. The summed E-state index contributed by atoms with van der Waals surface area (Å²) in [5.74, 6) is -1.22. The summed E-state index contributed by atoms with van der Waals surface area (Å²) in [6, 6.07) is 21.5. The second-order valence-electron chi connectivity index (χ2n) is 26.6. The average molecular weight is 1280 g/mol. The van der Waals surface area contributed by atoms with Crippen LogP contribution in [0.2, 0.25) is 0 Å². The van der Waals surface area contributed by atoms with Gasteiger partial charge in [-0.1, -0.05) is 0 Å². The molecule has 3 saturated heterocycles. The molecule has 4 aromatic heterocycles. The zero-order chi connectivity index (χ0) is 67.4. The summed E-state index contributed by atoms with van der Waals surface area (Å²) in [5.41, 5.74) is 7.47. The summed E-state index contributed by atoms with van der Waals surface area (Å²) in [6.07, 6.45) is 10.2. The summed E-state index contributed by atoms with van der Waals surface area (Å²) >= 11 is 0. The van der Waals surface area contributed by atoms with Crippen molar-refractivity contribution in [2.75, 3.05) is 53.4 Å². The number of likely N-dealkylation sites (tertiary alicyclic amines) is 3. The molecule has 3 fully saturated rings. The van der Waals surface area contributed by atoms with Gasteiger partial charge in [0.1, 0.15) is 16.8 Å². The van der Waals surface area contributed by atoms with Gasteiger partial charge in [0.2, 0.25) is 0 Å². The Morgan fingerprint density at radius 2 is 0.849 bits per heavy atom. The molecule has 7 heterocycles. The van der Waals surface area contributed by atoms with Crippen LogP contribution in [-0.2, 0) is 27.4 Å². The van der Waals surface area contributed by atoms with Gasteiger partial charge in [0.05, 0.1) is 81.7 Å². The van der Waals surface area contributed by atoms with Gasteiger partial charge in [0, 0.05) is 80.6 Å². The third-order valence-electron chi connectivity index (χ3n) is 15.3. The molecule has 8 aromatic rings. The number of imidazole rings is 4. The van der Waals surface area contributed by atoms with E-state index >= 15 is 0 Å². The van der Waals surface area contributed by atoms with Gasteiger partial charge in [0.15, 0.2) is 0 Å². The minimum atomic E-state index is -0.925. The highest BCUT2D eigenvalue weighted by Crippen LogP contribution is 2.23. The van der Waals surface area contributed by atoms with Crippen LogP contribution < -0.4 is 16.0 Å². The third-order valence-corrected chi connectivity index (χ3v) is 15.3. The fourth-order valence-corrected chi connectivity index (χ4v) is 10.6. The van der Waals surface area contributed by atoms with E-state index < -0.39 is 22.8 Å². The molecule has 26 nitrogen and oxygen atoms in total. The van der Waals surface area contributed by atoms with E-state index in [1.54, 1.807) is 64.0 Å². The Bertz CT molecular complexity index is 3900. The lowest BCUT2D eigenvalue weighted by molar-refractivity contribution is 0.0187. The van der Waals surface area contributed by atoms with Crippen molar-refractivity contribution >= 4 is 86.1 Å². The number of aromatic carboxylic acids is 1. The number of ether oxygens (including phenoxy) is 3. The number of aromatic amines is 2. The lowest BCUT2D eigenvalue weighted by Crippen LogP contribution is -2.47. The van der Waals surface area contributed by atoms with Crippen molar-refractivity contribution in [2.24, 2.45) is 0 Å². The third kappa shape index (κ3) is 20.0. The van der Waals surface area contributed by atoms with Crippen molar-refractivity contribution in [3.8, 4) is 0 Å². The number of aromatic nitrogens is 8. The highest BCUT2D eigenvalue weighted by atomic mass is 16.6. The Balaban J connectivity index is 0.000000165. The smallest absolute Gasteiger partial charge is 0.410 e. The largest absolute Gasteiger partial charge is 0.478 e. The van der Waals surface area contributed by atoms with Gasteiger partial charge in [-0.2, -0.15) is 0 Å². The molecule has 26 heteroatoms. The number of benzene rings is 4. The maximum Gasteiger partial charge on any atom is 0.410 e. The standard InChI is InChI=1S/C21H31N5O3.C20H28N4O3.C18H24N4O3.C8H6N2O2/c1-21(2,3)29-20(28)25-10-8-16(9-11-25)23-19(27)15-6-7-18-17(12-15)22-13-26(18)14-24(4)5;1-5-23-13-21-16-7-6-14(12-17(16)23)18(25)22-15-8-10-24(11-9-15)19(26)27-20(2,3)4;1-18(2,3)25-17(24)22-8-6-13(7-9-22)21-16(23)12-4-5-14-15(10-12)20-11-19-14;11-8(12)5-1-2-6-7(3-5)10-4-9-6/h6-7,12-13,16H,8-11,14H2,1-5H3,(H,23,27);6-7,12-13,15H,5,8-11H2,1-4H3,(H,22,25);4-5,10-11,13H,6-9H2,1-3H3,(H,19,20)(H,21,23);1-4H,(H,9,10)(H,11,12). The number of hydrogen-bond donors (Lipinski definition) is 6. The van der Waals surface area contributed by atoms with E-state index in [1.807, 2.05) is 129 Å². The molecule has 0 unspecified atom stereocenters. The second kappa shape index (κ2) is 30.2. The predicted octanol–water partition coefficient (Wildman–Crippen LogP) is 9.82. The fourth-order valence-electron chi connectivity index (χ4n) is 10.6. The zero-order valence-electron chi connectivity index (χ0n) is 55.4. The van der Waals surface area contributed by atoms with Crippen molar-refractivity contribution in [3.05, 3.63) is 120 Å². The van der Waals surface area contributed by atoms with Crippen LogP contribution in [0.15, 0.2) is 98.1 Å². The molecule has 0 aliphatic carbocycles. The molecule has 6 amide bonds. The van der Waals surface area contributed by atoms with Crippen molar-refractivity contribution in [3.63, 3.8) is 0 Å². The first-order valence-corrected chi connectivity index (χ1v) is 31.5. The van der Waals surface area contributed by atoms with E-state index in [0.717, 1.165) is 83.0 Å². The Labute approximate surface area is 541 Å². The first kappa shape index (κ1) is 69.3. The fraction of sp³-hybridized carbons (Fsp3) is 0.478. The number of aryl methyl sites for hydroxylation is 1. The van der Waals surface area contributed by atoms with E-state index in [0.29, 0.717) is 68.8 Å². The lowest BCUT2D eigenvalue weighted by Gasteiger charge is -2.33. The Kier molecular flexibility index (Phi) is 22.5.